The minimum atomic E-state index is -0.0367. The average Bonchev–Trinajstić information content (AvgIpc) is 3.23. The number of aryl methyl sites for hydroxylation is 1. The van der Waals surface area contributed by atoms with Crippen LogP contribution < -0.4 is 0 Å². The number of nitrogens with one attached hydrogen (secondary N) is 1. The lowest BCUT2D eigenvalue weighted by molar-refractivity contribution is 0.0964. The maximum absolute atomic E-state index is 12.8. The fraction of sp³-hybridized carbons (Fsp3) is 0.0588. The van der Waals surface area contributed by atoms with Crippen molar-refractivity contribution in [1.29, 1.82) is 0 Å². The molecule has 0 atom stereocenters. The third-order valence-electron chi connectivity index (χ3n) is 3.89. The van der Waals surface area contributed by atoms with Crippen molar-refractivity contribution in [3.8, 4) is 11.4 Å². The molecule has 23 heavy (non-hydrogen) atoms. The number of H-pyrrole nitrogens is 1. The third-order valence-corrected chi connectivity index (χ3v) is 3.89. The first-order valence-electron chi connectivity index (χ1n) is 7.19. The number of aromatic amines is 1. The molecular weight excluding hydrogens is 290 g/mol. The summed E-state index contributed by atoms with van der Waals surface area (Å²) in [5.74, 6) is 0.496. The summed E-state index contributed by atoms with van der Waals surface area (Å²) in [6.45, 7) is 1.94. The van der Waals surface area contributed by atoms with Crippen molar-refractivity contribution in [3.63, 3.8) is 0 Å². The number of benzene rings is 2. The lowest BCUT2D eigenvalue weighted by Crippen LogP contribution is -2.11. The highest BCUT2D eigenvalue weighted by Gasteiger charge is 2.14. The molecular formula is C17H13N5O. The summed E-state index contributed by atoms with van der Waals surface area (Å²) >= 11 is 0. The monoisotopic (exact) mass is 303 g/mol. The van der Waals surface area contributed by atoms with Gasteiger partial charge in [-0.05, 0) is 48.0 Å². The quantitative estimate of drug-likeness (QED) is 0.618. The Morgan fingerprint density at radius 3 is 2.78 bits per heavy atom. The Morgan fingerprint density at radius 1 is 1.13 bits per heavy atom. The third kappa shape index (κ3) is 2.20. The van der Waals surface area contributed by atoms with Gasteiger partial charge < -0.3 is 0 Å². The van der Waals surface area contributed by atoms with Gasteiger partial charge in [0, 0.05) is 22.7 Å². The molecule has 2 heterocycles. The number of hydrogen-bond donors (Lipinski definition) is 1. The Balaban J connectivity index is 1.80. The molecule has 6 nitrogen and oxygen atoms in total. The topological polar surface area (TPSA) is 76.5 Å². The van der Waals surface area contributed by atoms with E-state index >= 15 is 0 Å². The average molecular weight is 303 g/mol. The summed E-state index contributed by atoms with van der Waals surface area (Å²) in [5.41, 5.74) is 3.37. The molecule has 0 saturated heterocycles. The number of hydrogen-bond acceptors (Lipinski definition) is 4. The fourth-order valence-corrected chi connectivity index (χ4v) is 2.69. The van der Waals surface area contributed by atoms with Crippen LogP contribution in [0.4, 0.5) is 0 Å². The van der Waals surface area contributed by atoms with E-state index in [1.54, 1.807) is 10.8 Å². The van der Waals surface area contributed by atoms with E-state index in [0.29, 0.717) is 11.4 Å². The van der Waals surface area contributed by atoms with Crippen LogP contribution >= 0.6 is 0 Å². The van der Waals surface area contributed by atoms with Gasteiger partial charge in [-0.15, -0.1) is 10.2 Å². The molecule has 112 valence electrons. The maximum Gasteiger partial charge on any atom is 0.262 e. The second-order valence-corrected chi connectivity index (χ2v) is 5.31. The minimum absolute atomic E-state index is 0.0367. The number of rotatable bonds is 2. The van der Waals surface area contributed by atoms with Crippen LogP contribution in [0, 0.1) is 6.92 Å². The van der Waals surface area contributed by atoms with Crippen LogP contribution in [0.15, 0.2) is 54.7 Å². The number of aromatic nitrogens is 5. The van der Waals surface area contributed by atoms with Crippen molar-refractivity contribution in [2.24, 2.45) is 0 Å². The van der Waals surface area contributed by atoms with Crippen molar-refractivity contribution >= 4 is 16.8 Å². The fourth-order valence-electron chi connectivity index (χ4n) is 2.69. The molecule has 0 aliphatic carbocycles. The number of nitrogens with zero attached hydrogens (tertiary/aromatic N) is 4. The molecule has 0 aliphatic heterocycles. The SMILES string of the molecule is Cc1ccccc1C(=O)n1ccc2cc(-c3nn[nH]n3)ccc21. The van der Waals surface area contributed by atoms with E-state index < -0.39 is 0 Å². The first kappa shape index (κ1) is 13.4. The van der Waals surface area contributed by atoms with Crippen molar-refractivity contribution < 1.29 is 4.79 Å². The van der Waals surface area contributed by atoms with Crippen LogP contribution in [0.2, 0.25) is 0 Å². The first-order valence-corrected chi connectivity index (χ1v) is 7.19. The van der Waals surface area contributed by atoms with Gasteiger partial charge in [-0.25, -0.2) is 0 Å². The summed E-state index contributed by atoms with van der Waals surface area (Å²) in [6, 6.07) is 15.2. The maximum atomic E-state index is 12.8. The molecule has 0 unspecified atom stereocenters. The highest BCUT2D eigenvalue weighted by molar-refractivity contribution is 6.03. The van der Waals surface area contributed by atoms with Gasteiger partial charge in [0.05, 0.1) is 5.52 Å². The van der Waals surface area contributed by atoms with E-state index in [4.69, 9.17) is 0 Å². The Bertz CT molecular complexity index is 1000. The van der Waals surface area contributed by atoms with Gasteiger partial charge in [0.15, 0.2) is 0 Å². The van der Waals surface area contributed by atoms with Gasteiger partial charge in [-0.1, -0.05) is 18.2 Å². The van der Waals surface area contributed by atoms with E-state index in [9.17, 15) is 4.79 Å². The highest BCUT2D eigenvalue weighted by Crippen LogP contribution is 2.23. The molecule has 0 fully saturated rings. The van der Waals surface area contributed by atoms with E-state index in [1.807, 2.05) is 55.5 Å². The summed E-state index contributed by atoms with van der Waals surface area (Å²) in [7, 11) is 0. The number of fused-ring (bicyclic) bond motifs is 1. The van der Waals surface area contributed by atoms with Crippen molar-refractivity contribution in [2.75, 3.05) is 0 Å². The molecule has 0 aliphatic rings. The normalized spacial score (nSPS) is 11.0. The highest BCUT2D eigenvalue weighted by atomic mass is 16.2. The van der Waals surface area contributed by atoms with Gasteiger partial charge in [0.1, 0.15) is 0 Å². The van der Waals surface area contributed by atoms with Crippen molar-refractivity contribution in [3.05, 3.63) is 65.9 Å². The Morgan fingerprint density at radius 2 is 2.00 bits per heavy atom. The molecule has 0 spiro atoms. The van der Waals surface area contributed by atoms with Crippen LogP contribution in [-0.4, -0.2) is 31.1 Å². The predicted octanol–water partition coefficient (Wildman–Crippen LogP) is 2.82. The number of carbonyl (C=O) groups excluding carboxylic acids is 1. The van der Waals surface area contributed by atoms with E-state index in [-0.39, 0.29) is 5.91 Å². The van der Waals surface area contributed by atoms with Gasteiger partial charge >= 0.3 is 0 Å². The van der Waals surface area contributed by atoms with Gasteiger partial charge in [0.25, 0.3) is 5.91 Å². The Kier molecular flexibility index (Phi) is 3.01. The number of carbonyl (C=O) groups is 1. The standard InChI is InChI=1S/C17H13N5O/c1-11-4-2-3-5-14(11)17(23)22-9-8-12-10-13(6-7-15(12)22)16-18-20-21-19-16/h2-10H,1H3,(H,18,19,20,21). The van der Waals surface area contributed by atoms with Gasteiger partial charge in [0.2, 0.25) is 5.82 Å². The van der Waals surface area contributed by atoms with Crippen LogP contribution in [0.25, 0.3) is 22.3 Å². The Labute approximate surface area is 131 Å². The van der Waals surface area contributed by atoms with Crippen LogP contribution in [-0.2, 0) is 0 Å². The second kappa shape index (κ2) is 5.17. The molecule has 0 saturated carbocycles. The lowest BCUT2D eigenvalue weighted by atomic mass is 10.1. The van der Waals surface area contributed by atoms with Crippen LogP contribution in [0.1, 0.15) is 15.9 Å². The zero-order valence-electron chi connectivity index (χ0n) is 12.4. The van der Waals surface area contributed by atoms with Gasteiger partial charge in [-0.2, -0.15) is 5.21 Å². The van der Waals surface area contributed by atoms with Crippen molar-refractivity contribution in [2.45, 2.75) is 6.92 Å². The van der Waals surface area contributed by atoms with E-state index in [2.05, 4.69) is 20.6 Å². The smallest absolute Gasteiger partial charge is 0.262 e. The predicted molar refractivity (Wildman–Crippen MR) is 86.0 cm³/mol. The van der Waals surface area contributed by atoms with Gasteiger partial charge in [-0.3, -0.25) is 9.36 Å². The van der Waals surface area contributed by atoms with Crippen LogP contribution in [0.3, 0.4) is 0 Å². The first-order chi connectivity index (χ1) is 11.2. The lowest BCUT2D eigenvalue weighted by Gasteiger charge is -2.07. The summed E-state index contributed by atoms with van der Waals surface area (Å²) in [4.78, 5) is 12.8. The molecule has 6 heteroatoms. The zero-order chi connectivity index (χ0) is 15.8. The van der Waals surface area contributed by atoms with E-state index in [0.717, 1.165) is 22.0 Å². The van der Waals surface area contributed by atoms with E-state index in [1.165, 1.54) is 0 Å². The minimum Gasteiger partial charge on any atom is -0.283 e. The molecule has 0 amide bonds. The zero-order valence-corrected chi connectivity index (χ0v) is 12.4. The second-order valence-electron chi connectivity index (χ2n) is 5.31. The summed E-state index contributed by atoms with van der Waals surface area (Å²) in [5, 5.41) is 14.9. The summed E-state index contributed by atoms with van der Waals surface area (Å²) < 4.78 is 1.66. The van der Waals surface area contributed by atoms with Crippen LogP contribution in [0.5, 0.6) is 0 Å². The molecule has 1 N–H and O–H groups in total. The largest absolute Gasteiger partial charge is 0.283 e. The molecule has 2 aromatic carbocycles. The molecule has 0 radical (unpaired) electrons. The number of tetrazole rings is 1. The molecule has 4 aromatic rings. The van der Waals surface area contributed by atoms with Crippen molar-refractivity contribution in [1.82, 2.24) is 25.2 Å². The molecule has 4 rings (SSSR count). The summed E-state index contributed by atoms with van der Waals surface area (Å²) in [6.07, 6.45) is 1.79. The molecule has 2 aromatic heterocycles. The Hall–Kier alpha value is -3.28. The molecule has 0 bridgehead atoms.